The van der Waals surface area contributed by atoms with Crippen molar-refractivity contribution in [3.63, 3.8) is 0 Å². The highest BCUT2D eigenvalue weighted by molar-refractivity contribution is 5.95. The normalized spacial score (nSPS) is 10.6. The second kappa shape index (κ2) is 5.00. The smallest absolute Gasteiger partial charge is 0.339 e. The molecule has 0 fully saturated rings. The zero-order valence-corrected chi connectivity index (χ0v) is 9.93. The number of aromatic carboxylic acids is 1. The number of hydrogen-bond acceptors (Lipinski definition) is 2. The van der Waals surface area contributed by atoms with Gasteiger partial charge in [-0.2, -0.15) is 5.10 Å². The molecule has 0 aliphatic heterocycles. The third-order valence-corrected chi connectivity index (χ3v) is 2.66. The Morgan fingerprint density at radius 1 is 1.44 bits per heavy atom. The lowest BCUT2D eigenvalue weighted by Gasteiger charge is -2.09. The maximum absolute atomic E-state index is 13.6. The van der Waals surface area contributed by atoms with Crippen LogP contribution in [0.25, 0.3) is 11.3 Å². The van der Waals surface area contributed by atoms with Crippen molar-refractivity contribution >= 4 is 5.97 Å². The maximum Gasteiger partial charge on any atom is 0.339 e. The molecule has 0 unspecified atom stereocenters. The molecule has 0 radical (unpaired) electrons. The van der Waals surface area contributed by atoms with Gasteiger partial charge in [0.05, 0.1) is 5.69 Å². The van der Waals surface area contributed by atoms with E-state index in [-0.39, 0.29) is 5.56 Å². The summed E-state index contributed by atoms with van der Waals surface area (Å²) in [7, 11) is 0. The predicted octanol–water partition coefficient (Wildman–Crippen LogP) is 2.80. The second-order valence-corrected chi connectivity index (χ2v) is 3.91. The maximum atomic E-state index is 13.6. The summed E-state index contributed by atoms with van der Waals surface area (Å²) in [5.41, 5.74) is 0.664. The number of carbonyl (C=O) groups is 1. The molecule has 0 aliphatic carbocycles. The fourth-order valence-corrected chi connectivity index (χ4v) is 1.91. The largest absolute Gasteiger partial charge is 0.478 e. The Hall–Kier alpha value is -2.17. The Bertz CT molecular complexity index is 578. The molecule has 0 saturated carbocycles. The Labute approximate surface area is 104 Å². The van der Waals surface area contributed by atoms with Gasteiger partial charge in [-0.25, -0.2) is 9.18 Å². The summed E-state index contributed by atoms with van der Waals surface area (Å²) in [6.07, 6.45) is 2.45. The molecule has 0 spiro atoms. The molecule has 0 aliphatic rings. The Morgan fingerprint density at radius 3 is 2.89 bits per heavy atom. The van der Waals surface area contributed by atoms with Gasteiger partial charge in [0, 0.05) is 18.3 Å². The van der Waals surface area contributed by atoms with Crippen molar-refractivity contribution in [2.45, 2.75) is 19.9 Å². The molecule has 4 nitrogen and oxygen atoms in total. The van der Waals surface area contributed by atoms with Crippen molar-refractivity contribution in [2.75, 3.05) is 0 Å². The summed E-state index contributed by atoms with van der Waals surface area (Å²) < 4.78 is 15.3. The van der Waals surface area contributed by atoms with Crippen LogP contribution in [0.2, 0.25) is 0 Å². The van der Waals surface area contributed by atoms with Crippen LogP contribution >= 0.6 is 0 Å². The van der Waals surface area contributed by atoms with E-state index in [2.05, 4.69) is 5.10 Å². The Kier molecular flexibility index (Phi) is 3.41. The minimum Gasteiger partial charge on any atom is -0.478 e. The zero-order chi connectivity index (χ0) is 13.1. The zero-order valence-electron chi connectivity index (χ0n) is 9.93. The third kappa shape index (κ3) is 2.11. The van der Waals surface area contributed by atoms with E-state index in [4.69, 9.17) is 5.11 Å². The Morgan fingerprint density at radius 2 is 2.22 bits per heavy atom. The molecule has 1 aromatic heterocycles. The lowest BCUT2D eigenvalue weighted by molar-refractivity contribution is 0.0693. The molecule has 0 saturated heterocycles. The molecule has 94 valence electrons. The van der Waals surface area contributed by atoms with Gasteiger partial charge in [0.15, 0.2) is 0 Å². The van der Waals surface area contributed by atoms with Crippen molar-refractivity contribution in [2.24, 2.45) is 0 Å². The van der Waals surface area contributed by atoms with E-state index in [9.17, 15) is 9.18 Å². The summed E-state index contributed by atoms with van der Waals surface area (Å²) in [5.74, 6) is -2.00. The number of halogens is 1. The molecule has 2 rings (SSSR count). The van der Waals surface area contributed by atoms with Gasteiger partial charge < -0.3 is 5.11 Å². The van der Waals surface area contributed by atoms with Gasteiger partial charge >= 0.3 is 5.97 Å². The van der Waals surface area contributed by atoms with Crippen molar-refractivity contribution in [3.05, 3.63) is 41.8 Å². The fourth-order valence-electron chi connectivity index (χ4n) is 1.91. The number of nitrogens with zero attached hydrogens (tertiary/aromatic N) is 2. The number of benzene rings is 1. The molecule has 18 heavy (non-hydrogen) atoms. The van der Waals surface area contributed by atoms with Crippen LogP contribution in [0.15, 0.2) is 30.5 Å². The van der Waals surface area contributed by atoms with E-state index in [1.807, 2.05) is 6.92 Å². The van der Waals surface area contributed by atoms with Crippen LogP contribution < -0.4 is 0 Å². The molecule has 0 amide bonds. The van der Waals surface area contributed by atoms with Crippen LogP contribution in [0.5, 0.6) is 0 Å². The summed E-state index contributed by atoms with van der Waals surface area (Å²) in [4.78, 5) is 11.1. The van der Waals surface area contributed by atoms with Crippen LogP contribution in [0, 0.1) is 5.82 Å². The monoisotopic (exact) mass is 248 g/mol. The summed E-state index contributed by atoms with van der Waals surface area (Å²) in [6.45, 7) is 2.66. The summed E-state index contributed by atoms with van der Waals surface area (Å²) in [6, 6.07) is 5.93. The van der Waals surface area contributed by atoms with Crippen molar-refractivity contribution in [3.8, 4) is 11.3 Å². The van der Waals surface area contributed by atoms with Gasteiger partial charge in [0.1, 0.15) is 11.4 Å². The summed E-state index contributed by atoms with van der Waals surface area (Å²) in [5, 5.41) is 13.2. The van der Waals surface area contributed by atoms with Gasteiger partial charge in [-0.3, -0.25) is 4.68 Å². The first kappa shape index (κ1) is 12.3. The molecular weight excluding hydrogens is 235 g/mol. The molecule has 1 aromatic carbocycles. The standard InChI is InChI=1S/C13H13FN2O2/c1-2-8-16-11(6-7-15-16)9-4-3-5-10(14)12(9)13(17)18/h3-7H,2,8H2,1H3,(H,17,18). The lowest BCUT2D eigenvalue weighted by atomic mass is 10.0. The third-order valence-electron chi connectivity index (χ3n) is 2.66. The minimum absolute atomic E-state index is 0.310. The van der Waals surface area contributed by atoms with Crippen molar-refractivity contribution < 1.29 is 14.3 Å². The molecule has 5 heteroatoms. The van der Waals surface area contributed by atoms with Gasteiger partial charge in [-0.1, -0.05) is 19.1 Å². The van der Waals surface area contributed by atoms with E-state index in [1.165, 1.54) is 6.07 Å². The van der Waals surface area contributed by atoms with Crippen LogP contribution in [0.1, 0.15) is 23.7 Å². The molecule has 2 aromatic rings. The average molecular weight is 248 g/mol. The predicted molar refractivity (Wildman–Crippen MR) is 64.9 cm³/mol. The number of aryl methyl sites for hydroxylation is 1. The van der Waals surface area contributed by atoms with Gasteiger partial charge in [-0.05, 0) is 18.6 Å². The molecule has 0 atom stereocenters. The minimum atomic E-state index is -1.27. The first-order chi connectivity index (χ1) is 8.65. The first-order valence-corrected chi connectivity index (χ1v) is 5.69. The van der Waals surface area contributed by atoms with Crippen LogP contribution in [-0.4, -0.2) is 20.9 Å². The Balaban J connectivity index is 2.60. The quantitative estimate of drug-likeness (QED) is 0.905. The lowest BCUT2D eigenvalue weighted by Crippen LogP contribution is -2.07. The number of carboxylic acid groups (broad SMARTS) is 1. The highest BCUT2D eigenvalue weighted by Crippen LogP contribution is 2.25. The molecule has 0 bridgehead atoms. The van der Waals surface area contributed by atoms with E-state index in [1.54, 1.807) is 23.0 Å². The average Bonchev–Trinajstić information content (AvgIpc) is 2.76. The van der Waals surface area contributed by atoms with Gasteiger partial charge in [-0.15, -0.1) is 0 Å². The van der Waals surface area contributed by atoms with Gasteiger partial charge in [0.2, 0.25) is 0 Å². The number of rotatable bonds is 4. The summed E-state index contributed by atoms with van der Waals surface area (Å²) >= 11 is 0. The molecule has 1 heterocycles. The van der Waals surface area contributed by atoms with Crippen molar-refractivity contribution in [1.29, 1.82) is 0 Å². The van der Waals surface area contributed by atoms with Crippen LogP contribution in [-0.2, 0) is 6.54 Å². The highest BCUT2D eigenvalue weighted by Gasteiger charge is 2.18. The fraction of sp³-hybridized carbons (Fsp3) is 0.231. The first-order valence-electron chi connectivity index (χ1n) is 5.69. The number of hydrogen-bond donors (Lipinski definition) is 1. The number of aromatic nitrogens is 2. The number of carboxylic acids is 1. The van der Waals surface area contributed by atoms with E-state index in [0.717, 1.165) is 12.5 Å². The van der Waals surface area contributed by atoms with Gasteiger partial charge in [0.25, 0.3) is 0 Å². The van der Waals surface area contributed by atoms with E-state index in [0.29, 0.717) is 17.8 Å². The molecule has 1 N–H and O–H groups in total. The second-order valence-electron chi connectivity index (χ2n) is 3.91. The van der Waals surface area contributed by atoms with Crippen molar-refractivity contribution in [1.82, 2.24) is 9.78 Å². The van der Waals surface area contributed by atoms with Crippen LogP contribution in [0.4, 0.5) is 4.39 Å². The molecular formula is C13H13FN2O2. The highest BCUT2D eigenvalue weighted by atomic mass is 19.1. The van der Waals surface area contributed by atoms with Crippen LogP contribution in [0.3, 0.4) is 0 Å². The van der Waals surface area contributed by atoms with E-state index >= 15 is 0 Å². The van der Waals surface area contributed by atoms with E-state index < -0.39 is 11.8 Å². The SMILES string of the molecule is CCCn1nccc1-c1cccc(F)c1C(=O)O. The topological polar surface area (TPSA) is 55.1 Å².